The minimum absolute atomic E-state index is 0.0459. The molecule has 1 amide bonds. The van der Waals surface area contributed by atoms with E-state index in [1.807, 2.05) is 0 Å². The number of hydrogen-bond donors (Lipinski definition) is 1. The molecule has 1 saturated heterocycles. The molecule has 0 aliphatic carbocycles. The summed E-state index contributed by atoms with van der Waals surface area (Å²) in [4.78, 5) is 25.3. The third kappa shape index (κ3) is 2.78. The van der Waals surface area contributed by atoms with E-state index in [2.05, 4.69) is 0 Å². The Labute approximate surface area is 123 Å². The molecule has 0 spiro atoms. The number of likely N-dealkylation sites (tertiary alicyclic amines) is 1. The van der Waals surface area contributed by atoms with E-state index in [1.54, 1.807) is 0 Å². The topological polar surface area (TPSA) is 91.8 Å². The summed E-state index contributed by atoms with van der Waals surface area (Å²) in [5, 5.41) is 9.33. The first-order valence-corrected chi connectivity index (χ1v) is 8.41. The third-order valence-electron chi connectivity index (χ3n) is 3.86. The summed E-state index contributed by atoms with van der Waals surface area (Å²) in [5.41, 5.74) is -1.05. The van der Waals surface area contributed by atoms with E-state index in [9.17, 15) is 23.1 Å². The zero-order valence-electron chi connectivity index (χ0n) is 11.9. The number of carbonyl (C=O) groups excluding carboxylic acids is 1. The van der Waals surface area contributed by atoms with Crippen molar-refractivity contribution in [2.24, 2.45) is 0 Å². The summed E-state index contributed by atoms with van der Waals surface area (Å²) in [7, 11) is -3.41. The maximum Gasteiger partial charge on any atom is 0.329 e. The molecule has 6 nitrogen and oxygen atoms in total. The molecule has 1 N–H and O–H groups in total. The SMILES string of the molecule is CC1(C(=O)O)CCCN1C(=O)c1cccc(S(C)(=O)=O)c1. The maximum absolute atomic E-state index is 12.5. The van der Waals surface area contributed by atoms with E-state index < -0.39 is 27.3 Å². The number of amides is 1. The molecule has 1 fully saturated rings. The fraction of sp³-hybridized carbons (Fsp3) is 0.429. The van der Waals surface area contributed by atoms with Gasteiger partial charge in [-0.25, -0.2) is 13.2 Å². The second-order valence-electron chi connectivity index (χ2n) is 5.44. The highest BCUT2D eigenvalue weighted by Crippen LogP contribution is 2.31. The fourth-order valence-corrected chi connectivity index (χ4v) is 3.19. The zero-order chi connectivity index (χ0) is 15.8. The third-order valence-corrected chi connectivity index (χ3v) is 4.97. The molecule has 2 rings (SSSR count). The average Bonchev–Trinajstić information content (AvgIpc) is 2.80. The van der Waals surface area contributed by atoms with Crippen molar-refractivity contribution >= 4 is 21.7 Å². The Morgan fingerprint density at radius 2 is 2.00 bits per heavy atom. The molecule has 1 atom stereocenters. The predicted molar refractivity (Wildman–Crippen MR) is 75.9 cm³/mol. The van der Waals surface area contributed by atoms with Gasteiger partial charge in [0, 0.05) is 18.4 Å². The van der Waals surface area contributed by atoms with Crippen LogP contribution in [0.15, 0.2) is 29.2 Å². The molecule has 1 heterocycles. The number of sulfone groups is 1. The summed E-state index contributed by atoms with van der Waals surface area (Å²) in [6.07, 6.45) is 2.06. The number of carboxylic acid groups (broad SMARTS) is 1. The predicted octanol–water partition coefficient (Wildman–Crippen LogP) is 1.17. The highest BCUT2D eigenvalue weighted by Gasteiger charge is 2.46. The summed E-state index contributed by atoms with van der Waals surface area (Å²) in [6.45, 7) is 1.87. The molecule has 0 saturated carbocycles. The molecule has 0 bridgehead atoms. The number of hydrogen-bond acceptors (Lipinski definition) is 4. The zero-order valence-corrected chi connectivity index (χ0v) is 12.7. The highest BCUT2D eigenvalue weighted by atomic mass is 32.2. The largest absolute Gasteiger partial charge is 0.480 e. The summed E-state index contributed by atoms with van der Waals surface area (Å²) >= 11 is 0. The van der Waals surface area contributed by atoms with Gasteiger partial charge < -0.3 is 10.0 Å². The molecule has 1 aliphatic rings. The lowest BCUT2D eigenvalue weighted by atomic mass is 9.98. The van der Waals surface area contributed by atoms with Crippen molar-refractivity contribution in [3.63, 3.8) is 0 Å². The first-order valence-electron chi connectivity index (χ1n) is 6.52. The number of aliphatic carboxylic acids is 1. The van der Waals surface area contributed by atoms with Crippen molar-refractivity contribution in [3.05, 3.63) is 29.8 Å². The van der Waals surface area contributed by atoms with Crippen LogP contribution in [0.3, 0.4) is 0 Å². The monoisotopic (exact) mass is 311 g/mol. The number of rotatable bonds is 3. The molecule has 0 aromatic heterocycles. The van der Waals surface area contributed by atoms with Crippen LogP contribution in [0.1, 0.15) is 30.1 Å². The van der Waals surface area contributed by atoms with E-state index in [1.165, 1.54) is 36.1 Å². The van der Waals surface area contributed by atoms with Gasteiger partial charge in [-0.05, 0) is 38.0 Å². The van der Waals surface area contributed by atoms with Crippen LogP contribution >= 0.6 is 0 Å². The van der Waals surface area contributed by atoms with E-state index in [0.717, 1.165) is 6.26 Å². The van der Waals surface area contributed by atoms with E-state index in [0.29, 0.717) is 19.4 Å². The van der Waals surface area contributed by atoms with Crippen LogP contribution in [0.5, 0.6) is 0 Å². The Morgan fingerprint density at radius 3 is 2.57 bits per heavy atom. The second-order valence-corrected chi connectivity index (χ2v) is 7.46. The smallest absolute Gasteiger partial charge is 0.329 e. The van der Waals surface area contributed by atoms with Crippen molar-refractivity contribution in [3.8, 4) is 0 Å². The van der Waals surface area contributed by atoms with Crippen LogP contribution in [-0.2, 0) is 14.6 Å². The fourth-order valence-electron chi connectivity index (χ4n) is 2.53. The Morgan fingerprint density at radius 1 is 1.33 bits per heavy atom. The van der Waals surface area contributed by atoms with Crippen molar-refractivity contribution in [1.82, 2.24) is 4.90 Å². The van der Waals surface area contributed by atoms with Crippen molar-refractivity contribution in [1.29, 1.82) is 0 Å². The molecule has 0 radical (unpaired) electrons. The van der Waals surface area contributed by atoms with Crippen molar-refractivity contribution < 1.29 is 23.1 Å². The van der Waals surface area contributed by atoms with Gasteiger partial charge in [0.2, 0.25) is 0 Å². The lowest BCUT2D eigenvalue weighted by Gasteiger charge is -2.31. The van der Waals surface area contributed by atoms with Gasteiger partial charge in [0.25, 0.3) is 5.91 Å². The lowest BCUT2D eigenvalue weighted by Crippen LogP contribution is -2.50. The number of benzene rings is 1. The van der Waals surface area contributed by atoms with Crippen LogP contribution in [0.4, 0.5) is 0 Å². The van der Waals surface area contributed by atoms with Crippen molar-refractivity contribution in [2.75, 3.05) is 12.8 Å². The molecule has 1 aliphatic heterocycles. The van der Waals surface area contributed by atoms with Crippen molar-refractivity contribution in [2.45, 2.75) is 30.2 Å². The molecule has 1 aromatic rings. The van der Waals surface area contributed by atoms with Crippen LogP contribution in [0.25, 0.3) is 0 Å². The van der Waals surface area contributed by atoms with Gasteiger partial charge in [-0.2, -0.15) is 0 Å². The van der Waals surface area contributed by atoms with Gasteiger partial charge in [-0.1, -0.05) is 6.07 Å². The van der Waals surface area contributed by atoms with Crippen LogP contribution in [-0.4, -0.2) is 48.6 Å². The van der Waals surface area contributed by atoms with Gasteiger partial charge in [0.15, 0.2) is 9.84 Å². The Hall–Kier alpha value is -1.89. The van der Waals surface area contributed by atoms with E-state index in [-0.39, 0.29) is 10.5 Å². The van der Waals surface area contributed by atoms with E-state index >= 15 is 0 Å². The normalized spacial score (nSPS) is 22.3. The molecule has 114 valence electrons. The lowest BCUT2D eigenvalue weighted by molar-refractivity contribution is -0.147. The Balaban J connectivity index is 2.39. The molecular weight excluding hydrogens is 294 g/mol. The Kier molecular flexibility index (Phi) is 3.79. The van der Waals surface area contributed by atoms with Gasteiger partial charge >= 0.3 is 5.97 Å². The number of nitrogens with zero attached hydrogens (tertiary/aromatic N) is 1. The molecule has 21 heavy (non-hydrogen) atoms. The highest BCUT2D eigenvalue weighted by molar-refractivity contribution is 7.90. The first-order chi connectivity index (χ1) is 9.66. The van der Waals surface area contributed by atoms with E-state index in [4.69, 9.17) is 0 Å². The first kappa shape index (κ1) is 15.5. The maximum atomic E-state index is 12.5. The average molecular weight is 311 g/mol. The van der Waals surface area contributed by atoms with Gasteiger partial charge in [0.05, 0.1) is 4.90 Å². The number of carboxylic acids is 1. The van der Waals surface area contributed by atoms with Crippen LogP contribution in [0.2, 0.25) is 0 Å². The summed E-state index contributed by atoms with van der Waals surface area (Å²) < 4.78 is 23.1. The quantitative estimate of drug-likeness (QED) is 0.904. The minimum atomic E-state index is -3.41. The second kappa shape index (κ2) is 5.14. The number of carbonyl (C=O) groups is 2. The standard InChI is InChI=1S/C14H17NO5S/c1-14(13(17)18)7-4-8-15(14)12(16)10-5-3-6-11(9-10)21(2,19)20/h3,5-6,9H,4,7-8H2,1-2H3,(H,17,18). The minimum Gasteiger partial charge on any atom is -0.480 e. The van der Waals surface area contributed by atoms with Gasteiger partial charge in [0.1, 0.15) is 5.54 Å². The van der Waals surface area contributed by atoms with Gasteiger partial charge in [-0.3, -0.25) is 4.79 Å². The van der Waals surface area contributed by atoms with Crippen LogP contribution in [0, 0.1) is 0 Å². The summed E-state index contributed by atoms with van der Waals surface area (Å²) in [5.74, 6) is -1.50. The summed E-state index contributed by atoms with van der Waals surface area (Å²) in [6, 6.07) is 5.68. The van der Waals surface area contributed by atoms with Crippen LogP contribution < -0.4 is 0 Å². The molecular formula is C14H17NO5S. The van der Waals surface area contributed by atoms with Gasteiger partial charge in [-0.15, -0.1) is 0 Å². The molecule has 1 unspecified atom stereocenters. The Bertz CT molecular complexity index is 697. The molecule has 7 heteroatoms. The molecule has 1 aromatic carbocycles.